The molecule has 0 aliphatic carbocycles. The summed E-state index contributed by atoms with van der Waals surface area (Å²) in [5.41, 5.74) is 5.86. The van der Waals surface area contributed by atoms with Crippen LogP contribution in [0.2, 0.25) is 0 Å². The van der Waals surface area contributed by atoms with Gasteiger partial charge < -0.3 is 10.1 Å². The number of rotatable bonds is 6. The van der Waals surface area contributed by atoms with Crippen molar-refractivity contribution in [2.45, 2.75) is 38.0 Å². The monoisotopic (exact) mass is 512 g/mol. The maximum Gasteiger partial charge on any atom is 0.262 e. The van der Waals surface area contributed by atoms with Crippen molar-refractivity contribution in [3.63, 3.8) is 0 Å². The van der Waals surface area contributed by atoms with Gasteiger partial charge in [0.25, 0.3) is 5.91 Å². The molecular formula is C29H28N4O3S. The number of nitrogens with one attached hydrogen (secondary N) is 1. The third kappa shape index (κ3) is 5.29. The highest BCUT2D eigenvalue weighted by atomic mass is 32.2. The van der Waals surface area contributed by atoms with Crippen molar-refractivity contribution in [2.24, 2.45) is 10.1 Å². The lowest BCUT2D eigenvalue weighted by Crippen LogP contribution is -2.25. The number of methoxy groups -OCH3 is 1. The molecular weight excluding hydrogens is 484 g/mol. The topological polar surface area (TPSA) is 83.4 Å². The first-order valence-electron chi connectivity index (χ1n) is 12.1. The normalized spacial score (nSPS) is 19.0. The average Bonchev–Trinajstić information content (AvgIpc) is 3.51. The highest BCUT2D eigenvalue weighted by Gasteiger charge is 2.39. The van der Waals surface area contributed by atoms with Crippen LogP contribution in [0.5, 0.6) is 5.75 Å². The van der Waals surface area contributed by atoms with Crippen LogP contribution in [0, 0.1) is 13.8 Å². The first kappa shape index (κ1) is 24.8. The van der Waals surface area contributed by atoms with E-state index in [1.54, 1.807) is 7.11 Å². The van der Waals surface area contributed by atoms with E-state index in [1.165, 1.54) is 11.8 Å². The summed E-state index contributed by atoms with van der Waals surface area (Å²) in [6, 6.07) is 23.6. The summed E-state index contributed by atoms with van der Waals surface area (Å²) in [5.74, 6) is 0.262. The van der Waals surface area contributed by atoms with Crippen LogP contribution in [0.15, 0.2) is 82.9 Å². The predicted molar refractivity (Wildman–Crippen MR) is 148 cm³/mol. The molecule has 0 unspecified atom stereocenters. The molecule has 5 rings (SSSR count). The smallest absolute Gasteiger partial charge is 0.262 e. The first-order valence-corrected chi connectivity index (χ1v) is 13.0. The number of carbonyl (C=O) groups is 2. The number of carbonyl (C=O) groups excluding carboxylic acids is 2. The maximum absolute atomic E-state index is 12.8. The lowest BCUT2D eigenvalue weighted by atomic mass is 9.98. The van der Waals surface area contributed by atoms with Gasteiger partial charge in [0, 0.05) is 18.5 Å². The van der Waals surface area contributed by atoms with Gasteiger partial charge in [0.15, 0.2) is 5.17 Å². The highest BCUT2D eigenvalue weighted by Crippen LogP contribution is 2.38. The Labute approximate surface area is 220 Å². The third-order valence-electron chi connectivity index (χ3n) is 6.69. The predicted octanol–water partition coefficient (Wildman–Crippen LogP) is 5.49. The molecule has 0 spiro atoms. The maximum atomic E-state index is 12.8. The summed E-state index contributed by atoms with van der Waals surface area (Å²) < 4.78 is 5.29. The van der Waals surface area contributed by atoms with Crippen LogP contribution in [0.3, 0.4) is 0 Å². The fraction of sp³-hybridized carbons (Fsp3) is 0.241. The zero-order valence-corrected chi connectivity index (χ0v) is 21.8. The van der Waals surface area contributed by atoms with Crippen molar-refractivity contribution in [3.05, 3.63) is 95.1 Å². The fourth-order valence-electron chi connectivity index (χ4n) is 4.44. The van der Waals surface area contributed by atoms with Crippen LogP contribution in [-0.2, 0) is 9.59 Å². The summed E-state index contributed by atoms with van der Waals surface area (Å²) in [7, 11) is 1.64. The van der Waals surface area contributed by atoms with E-state index in [2.05, 4.69) is 22.4 Å². The molecule has 3 aromatic rings. The Morgan fingerprint density at radius 3 is 2.54 bits per heavy atom. The SMILES string of the molecule is COc1ccc(C2=NN(C3=NC(=O)[C@H](CC(=O)Nc4cccc(C)c4C)S3)[C@@H](c3ccccc3)C2)cc1. The number of nitrogens with zero attached hydrogens (tertiary/aromatic N) is 3. The van der Waals surface area contributed by atoms with Gasteiger partial charge in [0.2, 0.25) is 5.91 Å². The second-order valence-electron chi connectivity index (χ2n) is 9.09. The molecule has 2 aliphatic heterocycles. The Morgan fingerprint density at radius 2 is 1.81 bits per heavy atom. The van der Waals surface area contributed by atoms with Crippen molar-refractivity contribution in [3.8, 4) is 5.75 Å². The quantitative estimate of drug-likeness (QED) is 0.472. The molecule has 0 aromatic heterocycles. The zero-order valence-electron chi connectivity index (χ0n) is 21.0. The van der Waals surface area contributed by atoms with Gasteiger partial charge in [-0.1, -0.05) is 54.2 Å². The van der Waals surface area contributed by atoms with E-state index in [-0.39, 0.29) is 24.3 Å². The van der Waals surface area contributed by atoms with Crippen molar-refractivity contribution < 1.29 is 14.3 Å². The van der Waals surface area contributed by atoms with Gasteiger partial charge in [0.05, 0.1) is 18.9 Å². The molecule has 37 heavy (non-hydrogen) atoms. The molecule has 2 amide bonds. The van der Waals surface area contributed by atoms with E-state index in [4.69, 9.17) is 9.84 Å². The lowest BCUT2D eigenvalue weighted by molar-refractivity contribution is -0.121. The fourth-order valence-corrected chi connectivity index (χ4v) is 5.50. The number of aliphatic imine (C=N–C) groups is 1. The third-order valence-corrected chi connectivity index (χ3v) is 7.83. The number of benzene rings is 3. The zero-order chi connectivity index (χ0) is 25.9. The summed E-state index contributed by atoms with van der Waals surface area (Å²) >= 11 is 1.30. The molecule has 0 saturated carbocycles. The number of hydrogen-bond donors (Lipinski definition) is 1. The summed E-state index contributed by atoms with van der Waals surface area (Å²) in [6.07, 6.45) is 0.713. The van der Waals surface area contributed by atoms with Crippen LogP contribution < -0.4 is 10.1 Å². The highest BCUT2D eigenvalue weighted by molar-refractivity contribution is 8.15. The number of amides is 2. The molecule has 2 heterocycles. The minimum absolute atomic E-state index is 0.0444. The lowest BCUT2D eigenvalue weighted by Gasteiger charge is -2.23. The molecule has 0 radical (unpaired) electrons. The number of amidine groups is 1. The summed E-state index contributed by atoms with van der Waals surface area (Å²) in [6.45, 7) is 3.97. The molecule has 2 atom stereocenters. The number of anilines is 1. The van der Waals surface area contributed by atoms with Crippen LogP contribution >= 0.6 is 11.8 Å². The van der Waals surface area contributed by atoms with Crippen molar-refractivity contribution in [1.82, 2.24) is 5.01 Å². The molecule has 0 fully saturated rings. The molecule has 1 N–H and O–H groups in total. The molecule has 7 nitrogen and oxygen atoms in total. The molecule has 2 aliphatic rings. The Morgan fingerprint density at radius 1 is 1.05 bits per heavy atom. The van der Waals surface area contributed by atoms with E-state index < -0.39 is 5.25 Å². The van der Waals surface area contributed by atoms with E-state index in [9.17, 15) is 9.59 Å². The van der Waals surface area contributed by atoms with Gasteiger partial charge in [-0.3, -0.25) is 9.59 Å². The van der Waals surface area contributed by atoms with E-state index in [0.29, 0.717) is 11.6 Å². The number of ether oxygens (including phenoxy) is 1. The minimum Gasteiger partial charge on any atom is -0.497 e. The van der Waals surface area contributed by atoms with Crippen LogP contribution in [0.25, 0.3) is 0 Å². The minimum atomic E-state index is -0.586. The molecule has 188 valence electrons. The number of hydrogen-bond acceptors (Lipinski definition) is 6. The van der Waals surface area contributed by atoms with E-state index in [1.807, 2.05) is 79.5 Å². The van der Waals surface area contributed by atoms with Gasteiger partial charge in [-0.2, -0.15) is 10.1 Å². The van der Waals surface area contributed by atoms with Gasteiger partial charge in [-0.25, -0.2) is 5.01 Å². The van der Waals surface area contributed by atoms with Crippen LogP contribution in [-0.4, -0.2) is 40.1 Å². The first-order chi connectivity index (χ1) is 17.9. The molecule has 8 heteroatoms. The largest absolute Gasteiger partial charge is 0.497 e. The molecule has 3 aromatic carbocycles. The van der Waals surface area contributed by atoms with Crippen molar-refractivity contribution in [1.29, 1.82) is 0 Å². The van der Waals surface area contributed by atoms with Gasteiger partial charge >= 0.3 is 0 Å². The van der Waals surface area contributed by atoms with Crippen LogP contribution in [0.4, 0.5) is 5.69 Å². The van der Waals surface area contributed by atoms with Crippen LogP contribution in [0.1, 0.15) is 41.1 Å². The Bertz CT molecular complexity index is 1390. The van der Waals surface area contributed by atoms with E-state index in [0.717, 1.165) is 39.4 Å². The second-order valence-corrected chi connectivity index (χ2v) is 10.3. The molecule has 0 bridgehead atoms. The second kappa shape index (κ2) is 10.6. The summed E-state index contributed by atoms with van der Waals surface area (Å²) in [5, 5.41) is 9.61. The number of aryl methyl sites for hydroxylation is 1. The van der Waals surface area contributed by atoms with E-state index >= 15 is 0 Å². The van der Waals surface area contributed by atoms with Crippen molar-refractivity contribution in [2.75, 3.05) is 12.4 Å². The van der Waals surface area contributed by atoms with Gasteiger partial charge in [0.1, 0.15) is 11.0 Å². The Balaban J connectivity index is 1.34. The number of hydrazone groups is 1. The summed E-state index contributed by atoms with van der Waals surface area (Å²) in [4.78, 5) is 30.0. The Kier molecular flexibility index (Phi) is 7.10. The Hall–Kier alpha value is -3.91. The standard InChI is InChI=1S/C29H28N4O3S/c1-18-8-7-11-23(19(18)2)30-27(34)17-26-28(35)31-29(37-26)33-25(21-9-5-4-6-10-21)16-24(32-33)20-12-14-22(36-3)15-13-20/h4-15,25-26H,16-17H2,1-3H3,(H,30,34)/t25-,26+/m1/s1. The van der Waals surface area contributed by atoms with Crippen molar-refractivity contribution >= 4 is 40.1 Å². The van der Waals surface area contributed by atoms with Gasteiger partial charge in [-0.05, 0) is 66.4 Å². The average molecular weight is 513 g/mol. The van der Waals surface area contributed by atoms with Gasteiger partial charge in [-0.15, -0.1) is 0 Å². The molecule has 0 saturated heterocycles. The number of thioether (sulfide) groups is 1.